The lowest BCUT2D eigenvalue weighted by molar-refractivity contribution is 0.138. The van der Waals surface area contributed by atoms with Crippen molar-refractivity contribution in [3.8, 4) is 11.8 Å². The average Bonchev–Trinajstić information content (AvgIpc) is 2.92. The highest BCUT2D eigenvalue weighted by Gasteiger charge is 2.20. The molecule has 1 aliphatic carbocycles. The molecule has 0 bridgehead atoms. The Balaban J connectivity index is 1.91. The zero-order valence-electron chi connectivity index (χ0n) is 14.5. The molecular formula is C20H23ClN2O2. The van der Waals surface area contributed by atoms with E-state index in [1.54, 1.807) is 24.3 Å². The van der Waals surface area contributed by atoms with Crippen molar-refractivity contribution in [1.29, 1.82) is 0 Å². The van der Waals surface area contributed by atoms with Crippen molar-refractivity contribution < 1.29 is 9.47 Å². The van der Waals surface area contributed by atoms with Gasteiger partial charge in [-0.05, 0) is 37.8 Å². The fraction of sp³-hybridized carbons (Fsp3) is 0.350. The van der Waals surface area contributed by atoms with Gasteiger partial charge in [-0.2, -0.15) is 4.98 Å². The van der Waals surface area contributed by atoms with E-state index in [2.05, 4.69) is 18.1 Å². The lowest BCUT2D eigenvalue weighted by atomic mass is 9.98. The Hall–Kier alpha value is -2.20. The maximum absolute atomic E-state index is 6.42. The molecule has 0 saturated heterocycles. The molecule has 4 nitrogen and oxygen atoms in total. The number of fused-ring (bicyclic) bond motifs is 1. The molecule has 25 heavy (non-hydrogen) atoms. The van der Waals surface area contributed by atoms with Gasteiger partial charge in [0.15, 0.2) is 0 Å². The van der Waals surface area contributed by atoms with E-state index in [4.69, 9.17) is 21.1 Å². The monoisotopic (exact) mass is 358 g/mol. The van der Waals surface area contributed by atoms with E-state index in [1.807, 2.05) is 17.7 Å². The summed E-state index contributed by atoms with van der Waals surface area (Å²) in [6.45, 7) is 7.41. The standard InChI is InChI=1S/C20H23ClN2O2/c1-4-9-14(5-2)24-16-12-17(21)19-18(13-16)23(3)20(22-19)25-15-10-7-6-8-11-15/h4-5,9,12-13,15H,1-2,6-8,10-11H2,3H3/b14-9+. The average molecular weight is 359 g/mol. The SMILES string of the molecule is C=C/C=C(\C=C)Oc1cc(Cl)c2nc(OC3CCCCC3)n(C)c2c1. The number of allylic oxidation sites excluding steroid dienone is 3. The van der Waals surface area contributed by atoms with Crippen molar-refractivity contribution in [2.24, 2.45) is 7.05 Å². The fourth-order valence-electron chi connectivity index (χ4n) is 3.09. The van der Waals surface area contributed by atoms with E-state index in [-0.39, 0.29) is 6.10 Å². The highest BCUT2D eigenvalue weighted by molar-refractivity contribution is 6.35. The van der Waals surface area contributed by atoms with Crippen LogP contribution < -0.4 is 9.47 Å². The van der Waals surface area contributed by atoms with E-state index < -0.39 is 0 Å². The summed E-state index contributed by atoms with van der Waals surface area (Å²) in [7, 11) is 1.93. The van der Waals surface area contributed by atoms with Crippen LogP contribution in [0.1, 0.15) is 32.1 Å². The molecule has 0 amide bonds. The molecule has 0 radical (unpaired) electrons. The van der Waals surface area contributed by atoms with Crippen molar-refractivity contribution in [3.63, 3.8) is 0 Å². The third-order valence-corrected chi connectivity index (χ3v) is 4.70. The van der Waals surface area contributed by atoms with E-state index in [0.29, 0.717) is 22.5 Å². The van der Waals surface area contributed by atoms with Gasteiger partial charge < -0.3 is 9.47 Å². The third-order valence-electron chi connectivity index (χ3n) is 4.42. The van der Waals surface area contributed by atoms with Crippen molar-refractivity contribution in [1.82, 2.24) is 9.55 Å². The molecule has 3 rings (SSSR count). The highest BCUT2D eigenvalue weighted by atomic mass is 35.5. The summed E-state index contributed by atoms with van der Waals surface area (Å²) in [5.74, 6) is 1.23. The van der Waals surface area contributed by atoms with Crippen LogP contribution in [0.15, 0.2) is 49.3 Å². The predicted octanol–water partition coefficient (Wildman–Crippen LogP) is 5.57. The van der Waals surface area contributed by atoms with Crippen LogP contribution in [0.25, 0.3) is 11.0 Å². The topological polar surface area (TPSA) is 36.3 Å². The normalized spacial score (nSPS) is 16.0. The highest BCUT2D eigenvalue weighted by Crippen LogP contribution is 2.33. The van der Waals surface area contributed by atoms with Crippen molar-refractivity contribution >= 4 is 22.6 Å². The van der Waals surface area contributed by atoms with Gasteiger partial charge in [0.25, 0.3) is 6.01 Å². The summed E-state index contributed by atoms with van der Waals surface area (Å²) in [6.07, 6.45) is 11.1. The molecule has 1 aliphatic rings. The Bertz CT molecular complexity index is 817. The molecule has 2 aromatic rings. The van der Waals surface area contributed by atoms with Crippen LogP contribution in [0.2, 0.25) is 5.02 Å². The van der Waals surface area contributed by atoms with Gasteiger partial charge >= 0.3 is 0 Å². The molecule has 0 aliphatic heterocycles. The zero-order chi connectivity index (χ0) is 17.8. The van der Waals surface area contributed by atoms with Crippen LogP contribution in [-0.2, 0) is 7.05 Å². The minimum atomic E-state index is 0.238. The second-order valence-corrected chi connectivity index (χ2v) is 6.62. The third kappa shape index (κ3) is 3.90. The summed E-state index contributed by atoms with van der Waals surface area (Å²) in [4.78, 5) is 4.58. The summed E-state index contributed by atoms with van der Waals surface area (Å²) >= 11 is 6.42. The van der Waals surface area contributed by atoms with Crippen molar-refractivity contribution in [3.05, 3.63) is 54.3 Å². The molecule has 132 valence electrons. The summed E-state index contributed by atoms with van der Waals surface area (Å²) in [5.41, 5.74) is 1.59. The summed E-state index contributed by atoms with van der Waals surface area (Å²) < 4.78 is 13.9. The summed E-state index contributed by atoms with van der Waals surface area (Å²) in [5, 5.41) is 0.531. The van der Waals surface area contributed by atoms with Gasteiger partial charge in [0.1, 0.15) is 23.1 Å². The van der Waals surface area contributed by atoms with E-state index >= 15 is 0 Å². The lowest BCUT2D eigenvalue weighted by Crippen LogP contribution is -2.21. The maximum atomic E-state index is 6.42. The molecule has 0 unspecified atom stereocenters. The second kappa shape index (κ2) is 7.79. The fourth-order valence-corrected chi connectivity index (χ4v) is 3.34. The van der Waals surface area contributed by atoms with Crippen molar-refractivity contribution in [2.45, 2.75) is 38.2 Å². The first-order valence-corrected chi connectivity index (χ1v) is 8.96. The van der Waals surface area contributed by atoms with Crippen molar-refractivity contribution in [2.75, 3.05) is 0 Å². The molecule has 0 spiro atoms. The minimum absolute atomic E-state index is 0.238. The maximum Gasteiger partial charge on any atom is 0.297 e. The Labute approximate surface area is 153 Å². The smallest absolute Gasteiger partial charge is 0.297 e. The summed E-state index contributed by atoms with van der Waals surface area (Å²) in [6, 6.07) is 4.26. The van der Waals surface area contributed by atoms with Crippen LogP contribution in [0.5, 0.6) is 11.8 Å². The number of hydrogen-bond acceptors (Lipinski definition) is 3. The van der Waals surface area contributed by atoms with Crippen LogP contribution in [0, 0.1) is 0 Å². The number of rotatable bonds is 6. The minimum Gasteiger partial charge on any atom is -0.461 e. The quantitative estimate of drug-likeness (QED) is 0.500. The Morgan fingerprint density at radius 3 is 2.72 bits per heavy atom. The van der Waals surface area contributed by atoms with Gasteiger partial charge in [-0.15, -0.1) is 0 Å². The molecule has 5 heteroatoms. The second-order valence-electron chi connectivity index (χ2n) is 6.22. The van der Waals surface area contributed by atoms with Gasteiger partial charge in [0.2, 0.25) is 0 Å². The molecule has 1 fully saturated rings. The molecule has 1 aromatic heterocycles. The molecule has 1 aromatic carbocycles. The predicted molar refractivity (Wildman–Crippen MR) is 102 cm³/mol. The van der Waals surface area contributed by atoms with E-state index in [0.717, 1.165) is 23.9 Å². The molecule has 1 saturated carbocycles. The number of imidazole rings is 1. The van der Waals surface area contributed by atoms with Gasteiger partial charge in [0, 0.05) is 19.2 Å². The van der Waals surface area contributed by atoms with Crippen LogP contribution in [0.4, 0.5) is 0 Å². The van der Waals surface area contributed by atoms with E-state index in [9.17, 15) is 0 Å². The molecular weight excluding hydrogens is 336 g/mol. The molecule has 0 N–H and O–H groups in total. The first-order valence-electron chi connectivity index (χ1n) is 8.58. The van der Waals surface area contributed by atoms with Crippen LogP contribution in [0.3, 0.4) is 0 Å². The number of halogens is 1. The number of nitrogens with zero attached hydrogens (tertiary/aromatic N) is 2. The van der Waals surface area contributed by atoms with Gasteiger partial charge in [-0.3, -0.25) is 4.57 Å². The number of aryl methyl sites for hydroxylation is 1. The molecule has 1 heterocycles. The lowest BCUT2D eigenvalue weighted by Gasteiger charge is -2.22. The first-order chi connectivity index (χ1) is 12.1. The van der Waals surface area contributed by atoms with Crippen LogP contribution in [-0.4, -0.2) is 15.7 Å². The number of ether oxygens (including phenoxy) is 2. The number of hydrogen-bond donors (Lipinski definition) is 0. The van der Waals surface area contributed by atoms with Crippen LogP contribution >= 0.6 is 11.6 Å². The van der Waals surface area contributed by atoms with Gasteiger partial charge in [0.05, 0.1) is 10.5 Å². The Morgan fingerprint density at radius 1 is 1.28 bits per heavy atom. The first kappa shape index (κ1) is 17.6. The zero-order valence-corrected chi connectivity index (χ0v) is 15.3. The Morgan fingerprint density at radius 2 is 2.04 bits per heavy atom. The number of benzene rings is 1. The Kier molecular flexibility index (Phi) is 5.49. The largest absolute Gasteiger partial charge is 0.461 e. The van der Waals surface area contributed by atoms with E-state index in [1.165, 1.54) is 19.3 Å². The molecule has 0 atom stereocenters. The van der Waals surface area contributed by atoms with Gasteiger partial charge in [-0.25, -0.2) is 0 Å². The van der Waals surface area contributed by atoms with Gasteiger partial charge in [-0.1, -0.05) is 37.3 Å². The number of aromatic nitrogens is 2.